The van der Waals surface area contributed by atoms with Crippen LogP contribution in [0.1, 0.15) is 30.5 Å². The zero-order chi connectivity index (χ0) is 11.7. The summed E-state index contributed by atoms with van der Waals surface area (Å²) in [5.74, 6) is 2.34. The number of rotatable bonds is 2. The normalized spacial score (nSPS) is 32.4. The van der Waals surface area contributed by atoms with Gasteiger partial charge in [0.15, 0.2) is 0 Å². The molecule has 92 valence electrons. The van der Waals surface area contributed by atoms with E-state index in [1.165, 1.54) is 16.9 Å². The second-order valence-corrected chi connectivity index (χ2v) is 5.93. The Balaban J connectivity index is 1.76. The fourth-order valence-corrected chi connectivity index (χ4v) is 3.84. The minimum absolute atomic E-state index is 0.356. The number of hydrogen-bond acceptors (Lipinski definition) is 3. The molecule has 1 saturated heterocycles. The van der Waals surface area contributed by atoms with Gasteiger partial charge in [-0.2, -0.15) is 11.8 Å². The molecule has 3 heteroatoms. The third kappa shape index (κ3) is 2.37. The Labute approximate surface area is 107 Å². The Bertz CT molecular complexity index is 396. The molecule has 0 radical (unpaired) electrons. The Morgan fingerprint density at radius 1 is 1.35 bits per heavy atom. The maximum Gasteiger partial charge on any atom is 0.0700 e. The van der Waals surface area contributed by atoms with Gasteiger partial charge in [-0.15, -0.1) is 0 Å². The number of hydrogen-bond donors (Lipinski definition) is 1. The van der Waals surface area contributed by atoms with Gasteiger partial charge in [0, 0.05) is 30.2 Å². The third-order valence-corrected chi connectivity index (χ3v) is 4.85. The Hall–Kier alpha value is -0.510. The first-order valence-electron chi connectivity index (χ1n) is 6.38. The molecule has 3 atom stereocenters. The predicted octanol–water partition coefficient (Wildman–Crippen LogP) is 2.74. The summed E-state index contributed by atoms with van der Waals surface area (Å²) in [5.41, 5.74) is 2.98. The quantitative estimate of drug-likeness (QED) is 0.871. The maximum absolute atomic E-state index is 5.63. The van der Waals surface area contributed by atoms with Gasteiger partial charge in [-0.05, 0) is 24.5 Å². The molecule has 0 saturated carbocycles. The van der Waals surface area contributed by atoms with Gasteiger partial charge in [-0.3, -0.25) is 0 Å². The highest BCUT2D eigenvalue weighted by Crippen LogP contribution is 2.32. The Morgan fingerprint density at radius 2 is 2.24 bits per heavy atom. The van der Waals surface area contributed by atoms with Crippen molar-refractivity contribution in [3.63, 3.8) is 0 Å². The smallest absolute Gasteiger partial charge is 0.0700 e. The predicted molar refractivity (Wildman–Crippen MR) is 72.3 cm³/mol. The van der Waals surface area contributed by atoms with E-state index >= 15 is 0 Å². The second-order valence-electron chi connectivity index (χ2n) is 4.90. The molecule has 3 unspecified atom stereocenters. The molecule has 0 amide bonds. The lowest BCUT2D eigenvalue weighted by atomic mass is 10.00. The van der Waals surface area contributed by atoms with E-state index in [1.807, 2.05) is 11.8 Å². The first-order chi connectivity index (χ1) is 8.34. The number of nitrogens with one attached hydrogen (secondary N) is 1. The summed E-state index contributed by atoms with van der Waals surface area (Å²) in [6.45, 7) is 3.08. The Morgan fingerprint density at radius 3 is 3.06 bits per heavy atom. The highest BCUT2D eigenvalue weighted by molar-refractivity contribution is 7.98. The molecule has 0 aromatic heterocycles. The maximum atomic E-state index is 5.63. The van der Waals surface area contributed by atoms with E-state index < -0.39 is 0 Å². The molecule has 17 heavy (non-hydrogen) atoms. The van der Waals surface area contributed by atoms with Gasteiger partial charge >= 0.3 is 0 Å². The van der Waals surface area contributed by atoms with E-state index in [0.29, 0.717) is 18.2 Å². The third-order valence-electron chi connectivity index (χ3n) is 3.76. The SMILES string of the molecule is CC1OCCC1NC1CSCc2ccccc21. The molecule has 1 aromatic carbocycles. The molecule has 2 aliphatic heterocycles. The molecule has 2 nitrogen and oxygen atoms in total. The number of thioether (sulfide) groups is 1. The molecule has 1 fully saturated rings. The largest absolute Gasteiger partial charge is 0.377 e. The monoisotopic (exact) mass is 249 g/mol. The van der Waals surface area contributed by atoms with Crippen LogP contribution in [-0.2, 0) is 10.5 Å². The van der Waals surface area contributed by atoms with Crippen LogP contribution in [-0.4, -0.2) is 24.5 Å². The summed E-state index contributed by atoms with van der Waals surface area (Å²) in [6.07, 6.45) is 1.50. The summed E-state index contributed by atoms with van der Waals surface area (Å²) in [7, 11) is 0. The van der Waals surface area contributed by atoms with Crippen molar-refractivity contribution in [2.75, 3.05) is 12.4 Å². The number of ether oxygens (including phenoxy) is 1. The standard InChI is InChI=1S/C14H19NOS/c1-10-13(6-7-16-10)15-14-9-17-8-11-4-2-3-5-12(11)14/h2-5,10,13-15H,6-9H2,1H3. The van der Waals surface area contributed by atoms with Crippen LogP contribution < -0.4 is 5.32 Å². The summed E-state index contributed by atoms with van der Waals surface area (Å²) < 4.78 is 5.63. The van der Waals surface area contributed by atoms with Crippen molar-refractivity contribution in [3.8, 4) is 0 Å². The van der Waals surface area contributed by atoms with Gasteiger partial charge in [-0.25, -0.2) is 0 Å². The van der Waals surface area contributed by atoms with Crippen molar-refractivity contribution in [1.82, 2.24) is 5.32 Å². The minimum Gasteiger partial charge on any atom is -0.377 e. The zero-order valence-corrected chi connectivity index (χ0v) is 11.0. The van der Waals surface area contributed by atoms with Crippen LogP contribution in [0.15, 0.2) is 24.3 Å². The van der Waals surface area contributed by atoms with Crippen LogP contribution in [0.4, 0.5) is 0 Å². The van der Waals surface area contributed by atoms with Gasteiger partial charge < -0.3 is 10.1 Å². The fraction of sp³-hybridized carbons (Fsp3) is 0.571. The second kappa shape index (κ2) is 5.01. The molecular formula is C14H19NOS. The van der Waals surface area contributed by atoms with E-state index in [4.69, 9.17) is 4.74 Å². The summed E-state index contributed by atoms with van der Waals surface area (Å²) in [4.78, 5) is 0. The number of fused-ring (bicyclic) bond motifs is 1. The summed E-state index contributed by atoms with van der Waals surface area (Å²) in [6, 6.07) is 9.84. The highest BCUT2D eigenvalue weighted by Gasteiger charge is 2.28. The summed E-state index contributed by atoms with van der Waals surface area (Å²) >= 11 is 2.03. The lowest BCUT2D eigenvalue weighted by Crippen LogP contribution is -2.39. The van der Waals surface area contributed by atoms with Crippen molar-refractivity contribution in [2.45, 2.75) is 37.3 Å². The summed E-state index contributed by atoms with van der Waals surface area (Å²) in [5, 5.41) is 3.78. The van der Waals surface area contributed by atoms with Crippen molar-refractivity contribution < 1.29 is 4.74 Å². The first-order valence-corrected chi connectivity index (χ1v) is 7.53. The van der Waals surface area contributed by atoms with Crippen LogP contribution in [0.3, 0.4) is 0 Å². The Kier molecular flexibility index (Phi) is 3.41. The van der Waals surface area contributed by atoms with E-state index in [-0.39, 0.29) is 0 Å². The van der Waals surface area contributed by atoms with E-state index in [2.05, 4.69) is 36.5 Å². The van der Waals surface area contributed by atoms with E-state index in [1.54, 1.807) is 0 Å². The van der Waals surface area contributed by atoms with Crippen molar-refractivity contribution in [2.24, 2.45) is 0 Å². The van der Waals surface area contributed by atoms with Crippen LogP contribution >= 0.6 is 11.8 Å². The number of benzene rings is 1. The molecule has 1 aromatic rings. The van der Waals surface area contributed by atoms with Gasteiger partial charge in [-0.1, -0.05) is 24.3 Å². The van der Waals surface area contributed by atoms with Gasteiger partial charge in [0.2, 0.25) is 0 Å². The van der Waals surface area contributed by atoms with Crippen molar-refractivity contribution in [1.29, 1.82) is 0 Å². The molecule has 2 aliphatic rings. The first kappa shape index (κ1) is 11.6. The molecule has 0 spiro atoms. The molecule has 1 N–H and O–H groups in total. The average molecular weight is 249 g/mol. The van der Waals surface area contributed by atoms with Crippen LogP contribution in [0, 0.1) is 0 Å². The lowest BCUT2D eigenvalue weighted by molar-refractivity contribution is 0.111. The van der Waals surface area contributed by atoms with E-state index in [0.717, 1.165) is 18.8 Å². The molecule has 0 bridgehead atoms. The molecule has 0 aliphatic carbocycles. The van der Waals surface area contributed by atoms with Crippen LogP contribution in [0.5, 0.6) is 0 Å². The fourth-order valence-electron chi connectivity index (χ4n) is 2.73. The van der Waals surface area contributed by atoms with Gasteiger partial charge in [0.25, 0.3) is 0 Å². The topological polar surface area (TPSA) is 21.3 Å². The highest BCUT2D eigenvalue weighted by atomic mass is 32.2. The van der Waals surface area contributed by atoms with Gasteiger partial charge in [0.1, 0.15) is 0 Å². The van der Waals surface area contributed by atoms with Crippen molar-refractivity contribution in [3.05, 3.63) is 35.4 Å². The van der Waals surface area contributed by atoms with Crippen molar-refractivity contribution >= 4 is 11.8 Å². The lowest BCUT2D eigenvalue weighted by Gasteiger charge is -2.29. The average Bonchev–Trinajstić information content (AvgIpc) is 2.76. The van der Waals surface area contributed by atoms with Crippen LogP contribution in [0.25, 0.3) is 0 Å². The molecular weight excluding hydrogens is 230 g/mol. The van der Waals surface area contributed by atoms with Crippen LogP contribution in [0.2, 0.25) is 0 Å². The zero-order valence-electron chi connectivity index (χ0n) is 10.2. The minimum atomic E-state index is 0.356. The molecule has 3 rings (SSSR count). The van der Waals surface area contributed by atoms with Gasteiger partial charge in [0.05, 0.1) is 6.10 Å². The molecule has 2 heterocycles. The van der Waals surface area contributed by atoms with E-state index in [9.17, 15) is 0 Å².